The number of benzene rings is 2. The molecular formula is C14H11F2NO2. The van der Waals surface area contributed by atoms with Gasteiger partial charge in [-0.3, -0.25) is 0 Å². The van der Waals surface area contributed by atoms with Crippen molar-refractivity contribution in [1.29, 1.82) is 0 Å². The monoisotopic (exact) mass is 263 g/mol. The van der Waals surface area contributed by atoms with Crippen LogP contribution >= 0.6 is 0 Å². The lowest BCUT2D eigenvalue weighted by Gasteiger charge is -2.12. The van der Waals surface area contributed by atoms with Gasteiger partial charge in [0.1, 0.15) is 17.3 Å². The van der Waals surface area contributed by atoms with Crippen molar-refractivity contribution in [3.63, 3.8) is 0 Å². The molecule has 0 atom stereocenters. The third-order valence-corrected chi connectivity index (χ3v) is 2.63. The molecule has 0 saturated heterocycles. The Morgan fingerprint density at radius 1 is 1.16 bits per heavy atom. The highest BCUT2D eigenvalue weighted by Crippen LogP contribution is 2.26. The number of aromatic carboxylic acids is 1. The van der Waals surface area contributed by atoms with E-state index in [9.17, 15) is 13.6 Å². The zero-order valence-corrected chi connectivity index (χ0v) is 10.1. The quantitative estimate of drug-likeness (QED) is 0.887. The standard InChI is InChI=1S/C14H11F2NO2/c1-8-5-6-9(14(18)19)12(7-8)17-13-10(15)3-2-4-11(13)16/h2-7,17H,1H3,(H,18,19). The predicted molar refractivity (Wildman–Crippen MR) is 67.8 cm³/mol. The van der Waals surface area contributed by atoms with Crippen LogP contribution in [0, 0.1) is 18.6 Å². The third kappa shape index (κ3) is 2.70. The first-order valence-corrected chi connectivity index (χ1v) is 5.54. The first kappa shape index (κ1) is 13.0. The summed E-state index contributed by atoms with van der Waals surface area (Å²) >= 11 is 0. The number of nitrogens with one attached hydrogen (secondary N) is 1. The molecule has 0 saturated carbocycles. The van der Waals surface area contributed by atoms with E-state index in [2.05, 4.69) is 5.32 Å². The maximum absolute atomic E-state index is 13.5. The second kappa shape index (κ2) is 5.06. The number of aryl methyl sites for hydroxylation is 1. The fraction of sp³-hybridized carbons (Fsp3) is 0.0714. The molecule has 0 unspecified atom stereocenters. The van der Waals surface area contributed by atoms with E-state index < -0.39 is 17.6 Å². The minimum Gasteiger partial charge on any atom is -0.478 e. The maximum Gasteiger partial charge on any atom is 0.337 e. The van der Waals surface area contributed by atoms with Gasteiger partial charge in [0.05, 0.1) is 11.3 Å². The van der Waals surface area contributed by atoms with Crippen LogP contribution in [-0.2, 0) is 0 Å². The van der Waals surface area contributed by atoms with Crippen LogP contribution in [0.2, 0.25) is 0 Å². The lowest BCUT2D eigenvalue weighted by molar-refractivity contribution is 0.0698. The van der Waals surface area contributed by atoms with Crippen molar-refractivity contribution < 1.29 is 18.7 Å². The average molecular weight is 263 g/mol. The summed E-state index contributed by atoms with van der Waals surface area (Å²) in [5.41, 5.74) is 0.518. The van der Waals surface area contributed by atoms with E-state index in [-0.39, 0.29) is 16.9 Å². The maximum atomic E-state index is 13.5. The van der Waals surface area contributed by atoms with Gasteiger partial charge in [0, 0.05) is 0 Å². The van der Waals surface area contributed by atoms with Crippen LogP contribution in [0.25, 0.3) is 0 Å². The van der Waals surface area contributed by atoms with Crippen molar-refractivity contribution in [3.05, 3.63) is 59.2 Å². The highest BCUT2D eigenvalue weighted by molar-refractivity contribution is 5.95. The van der Waals surface area contributed by atoms with Crippen LogP contribution in [0.4, 0.5) is 20.2 Å². The van der Waals surface area contributed by atoms with Crippen LogP contribution in [0.3, 0.4) is 0 Å². The van der Waals surface area contributed by atoms with E-state index in [0.717, 1.165) is 17.7 Å². The molecule has 5 heteroatoms. The number of rotatable bonds is 3. The van der Waals surface area contributed by atoms with Gasteiger partial charge in [-0.15, -0.1) is 0 Å². The first-order chi connectivity index (χ1) is 8.99. The van der Waals surface area contributed by atoms with Gasteiger partial charge in [0.25, 0.3) is 0 Å². The molecule has 0 heterocycles. The molecule has 2 rings (SSSR count). The smallest absolute Gasteiger partial charge is 0.337 e. The van der Waals surface area contributed by atoms with Gasteiger partial charge in [-0.05, 0) is 36.8 Å². The molecule has 0 radical (unpaired) electrons. The summed E-state index contributed by atoms with van der Waals surface area (Å²) in [6.07, 6.45) is 0. The van der Waals surface area contributed by atoms with Gasteiger partial charge < -0.3 is 10.4 Å². The van der Waals surface area contributed by atoms with Gasteiger partial charge in [0.2, 0.25) is 0 Å². The Morgan fingerprint density at radius 3 is 2.37 bits per heavy atom. The number of hydrogen-bond acceptors (Lipinski definition) is 2. The largest absolute Gasteiger partial charge is 0.478 e. The van der Waals surface area contributed by atoms with Crippen LogP contribution in [0.5, 0.6) is 0 Å². The summed E-state index contributed by atoms with van der Waals surface area (Å²) in [6, 6.07) is 7.97. The summed E-state index contributed by atoms with van der Waals surface area (Å²) in [7, 11) is 0. The molecule has 0 aliphatic rings. The molecule has 0 amide bonds. The summed E-state index contributed by atoms with van der Waals surface area (Å²) < 4.78 is 27.0. The van der Waals surface area contributed by atoms with Gasteiger partial charge >= 0.3 is 5.97 Å². The second-order valence-electron chi connectivity index (χ2n) is 4.08. The van der Waals surface area contributed by atoms with Crippen molar-refractivity contribution in [2.75, 3.05) is 5.32 Å². The van der Waals surface area contributed by atoms with Crippen LogP contribution < -0.4 is 5.32 Å². The van der Waals surface area contributed by atoms with Gasteiger partial charge in [-0.2, -0.15) is 0 Å². The van der Waals surface area contributed by atoms with Crippen LogP contribution in [0.1, 0.15) is 15.9 Å². The zero-order valence-electron chi connectivity index (χ0n) is 10.1. The summed E-state index contributed by atoms with van der Waals surface area (Å²) in [5, 5.41) is 11.5. The van der Waals surface area contributed by atoms with E-state index in [4.69, 9.17) is 5.11 Å². The van der Waals surface area contributed by atoms with Crippen molar-refractivity contribution in [2.24, 2.45) is 0 Å². The third-order valence-electron chi connectivity index (χ3n) is 2.63. The Kier molecular flexibility index (Phi) is 3.46. The van der Waals surface area contributed by atoms with Gasteiger partial charge in [-0.25, -0.2) is 13.6 Å². The normalized spacial score (nSPS) is 10.3. The Labute approximate surface area is 108 Å². The topological polar surface area (TPSA) is 49.3 Å². The number of carboxylic acids is 1. The molecule has 0 bridgehead atoms. The lowest BCUT2D eigenvalue weighted by atomic mass is 10.1. The zero-order chi connectivity index (χ0) is 14.0. The molecule has 2 aromatic rings. The van der Waals surface area contributed by atoms with Crippen LogP contribution in [-0.4, -0.2) is 11.1 Å². The van der Waals surface area contributed by atoms with E-state index in [1.54, 1.807) is 13.0 Å². The molecule has 2 aromatic carbocycles. The summed E-state index contributed by atoms with van der Waals surface area (Å²) in [6.45, 7) is 1.76. The van der Waals surface area contributed by atoms with Crippen molar-refractivity contribution in [2.45, 2.75) is 6.92 Å². The Hall–Kier alpha value is -2.43. The lowest BCUT2D eigenvalue weighted by Crippen LogP contribution is -2.05. The molecule has 0 aliphatic heterocycles. The minimum absolute atomic E-state index is 0.0479. The van der Waals surface area contributed by atoms with E-state index in [0.29, 0.717) is 0 Å². The SMILES string of the molecule is Cc1ccc(C(=O)O)c(Nc2c(F)cccc2F)c1. The molecule has 3 nitrogen and oxygen atoms in total. The highest BCUT2D eigenvalue weighted by Gasteiger charge is 2.14. The number of carbonyl (C=O) groups is 1. The molecule has 98 valence electrons. The number of halogens is 2. The minimum atomic E-state index is -1.17. The van der Waals surface area contributed by atoms with Crippen molar-refractivity contribution in [3.8, 4) is 0 Å². The van der Waals surface area contributed by atoms with E-state index in [1.807, 2.05) is 0 Å². The molecule has 0 fully saturated rings. The highest BCUT2D eigenvalue weighted by atomic mass is 19.1. The molecule has 19 heavy (non-hydrogen) atoms. The van der Waals surface area contributed by atoms with Crippen molar-refractivity contribution in [1.82, 2.24) is 0 Å². The average Bonchev–Trinajstić information content (AvgIpc) is 2.33. The van der Waals surface area contributed by atoms with E-state index >= 15 is 0 Å². The Balaban J connectivity index is 2.49. The Morgan fingerprint density at radius 2 is 1.79 bits per heavy atom. The van der Waals surface area contributed by atoms with E-state index in [1.165, 1.54) is 18.2 Å². The molecule has 0 aliphatic carbocycles. The fourth-order valence-corrected chi connectivity index (χ4v) is 1.70. The first-order valence-electron chi connectivity index (χ1n) is 5.54. The predicted octanol–water partition coefficient (Wildman–Crippen LogP) is 3.72. The van der Waals surface area contributed by atoms with Gasteiger partial charge in [0.15, 0.2) is 0 Å². The van der Waals surface area contributed by atoms with Crippen molar-refractivity contribution >= 4 is 17.3 Å². The molecular weight excluding hydrogens is 252 g/mol. The number of hydrogen-bond donors (Lipinski definition) is 2. The number of carboxylic acid groups (broad SMARTS) is 1. The number of para-hydroxylation sites is 1. The summed E-state index contributed by atoms with van der Waals surface area (Å²) in [4.78, 5) is 11.1. The molecule has 0 spiro atoms. The van der Waals surface area contributed by atoms with Gasteiger partial charge in [-0.1, -0.05) is 12.1 Å². The van der Waals surface area contributed by atoms with Crippen LogP contribution in [0.15, 0.2) is 36.4 Å². The molecule has 0 aromatic heterocycles. The summed E-state index contributed by atoms with van der Waals surface area (Å²) in [5.74, 6) is -2.73. The fourth-order valence-electron chi connectivity index (χ4n) is 1.70. The number of anilines is 2. The second-order valence-corrected chi connectivity index (χ2v) is 4.08. The Bertz CT molecular complexity index is 621. The molecule has 2 N–H and O–H groups in total.